The number of amides is 1. The minimum Gasteiger partial charge on any atom is -0.319 e. The minimum atomic E-state index is -0.527. The highest BCUT2D eigenvalue weighted by Crippen LogP contribution is 2.26. The van der Waals surface area contributed by atoms with Gasteiger partial charge in [0.15, 0.2) is 5.16 Å². The van der Waals surface area contributed by atoms with Crippen molar-refractivity contribution >= 4 is 29.0 Å². The molecule has 0 spiro atoms. The van der Waals surface area contributed by atoms with Crippen molar-refractivity contribution in [3.05, 3.63) is 40.7 Å². The summed E-state index contributed by atoms with van der Waals surface area (Å²) >= 11 is 1.25. The molecule has 0 aliphatic rings. The van der Waals surface area contributed by atoms with Crippen molar-refractivity contribution in [2.24, 2.45) is 0 Å². The number of thioether (sulfide) groups is 1. The topological polar surface area (TPSA) is 103 Å². The molecule has 0 fully saturated rings. The van der Waals surface area contributed by atoms with Crippen LogP contribution in [0.4, 0.5) is 11.4 Å². The third-order valence-electron chi connectivity index (χ3n) is 2.93. The van der Waals surface area contributed by atoms with Gasteiger partial charge in [0.25, 0.3) is 5.69 Å². The second-order valence-electron chi connectivity index (χ2n) is 4.42. The number of rotatable bonds is 6. The molecule has 1 atom stereocenters. The van der Waals surface area contributed by atoms with Crippen LogP contribution in [0.5, 0.6) is 0 Å². The summed E-state index contributed by atoms with van der Waals surface area (Å²) in [5.41, 5.74) is 0.0479. The van der Waals surface area contributed by atoms with Crippen LogP contribution in [0.2, 0.25) is 0 Å². The average Bonchev–Trinajstić information content (AvgIpc) is 2.94. The van der Waals surface area contributed by atoms with E-state index in [1.54, 1.807) is 25.4 Å². The van der Waals surface area contributed by atoms with Gasteiger partial charge >= 0.3 is 0 Å². The molecule has 2 rings (SSSR count). The average molecular weight is 321 g/mol. The molecule has 2 aromatic rings. The van der Waals surface area contributed by atoms with E-state index >= 15 is 0 Å². The van der Waals surface area contributed by atoms with Gasteiger partial charge in [-0.2, -0.15) is 0 Å². The first-order valence-corrected chi connectivity index (χ1v) is 7.49. The van der Waals surface area contributed by atoms with Crippen LogP contribution in [-0.4, -0.2) is 30.8 Å². The van der Waals surface area contributed by atoms with Gasteiger partial charge in [0.2, 0.25) is 5.91 Å². The summed E-state index contributed by atoms with van der Waals surface area (Å²) in [4.78, 5) is 22.6. The molecule has 0 aliphatic carbocycles. The lowest BCUT2D eigenvalue weighted by atomic mass is 10.2. The first-order chi connectivity index (χ1) is 10.5. The van der Waals surface area contributed by atoms with Gasteiger partial charge in [-0.3, -0.25) is 14.9 Å². The van der Waals surface area contributed by atoms with E-state index in [2.05, 4.69) is 15.5 Å². The number of hydrogen-bond acceptors (Lipinski definition) is 6. The fraction of sp³-hybridized carbons (Fsp3) is 0.308. The smallest absolute Gasteiger partial charge is 0.292 e. The number of carbonyl (C=O) groups excluding carboxylic acids is 1. The molecule has 0 unspecified atom stereocenters. The Bertz CT molecular complexity index is 688. The number of anilines is 1. The van der Waals surface area contributed by atoms with E-state index in [1.165, 1.54) is 23.9 Å². The Morgan fingerprint density at radius 2 is 2.23 bits per heavy atom. The third kappa shape index (κ3) is 3.61. The second-order valence-corrected chi connectivity index (χ2v) is 5.73. The molecule has 116 valence electrons. The molecule has 1 amide bonds. The first kappa shape index (κ1) is 16.0. The van der Waals surface area contributed by atoms with Crippen molar-refractivity contribution in [2.45, 2.75) is 30.8 Å². The molecule has 8 nitrogen and oxygen atoms in total. The van der Waals surface area contributed by atoms with Crippen LogP contribution in [0.15, 0.2) is 35.7 Å². The molecular weight excluding hydrogens is 306 g/mol. The van der Waals surface area contributed by atoms with Crippen LogP contribution >= 0.6 is 11.8 Å². The zero-order chi connectivity index (χ0) is 16.1. The quantitative estimate of drug-likeness (QED) is 0.497. The van der Waals surface area contributed by atoms with E-state index in [9.17, 15) is 14.9 Å². The summed E-state index contributed by atoms with van der Waals surface area (Å²) < 4.78 is 1.82. The lowest BCUT2D eigenvalue weighted by molar-refractivity contribution is -0.383. The van der Waals surface area contributed by atoms with E-state index in [0.29, 0.717) is 11.7 Å². The van der Waals surface area contributed by atoms with Crippen LogP contribution in [0.3, 0.4) is 0 Å². The van der Waals surface area contributed by atoms with Crippen molar-refractivity contribution in [3.63, 3.8) is 0 Å². The Morgan fingerprint density at radius 1 is 1.50 bits per heavy atom. The highest BCUT2D eigenvalue weighted by molar-refractivity contribution is 8.00. The molecule has 9 heteroatoms. The summed E-state index contributed by atoms with van der Waals surface area (Å²) in [6, 6.07) is 6.03. The number of benzene rings is 1. The SMILES string of the molecule is CCn1cnnc1S[C@H](C)C(=O)Nc1ccccc1[N+](=O)[O-]. The molecule has 1 heterocycles. The third-order valence-corrected chi connectivity index (χ3v) is 4.03. The maximum Gasteiger partial charge on any atom is 0.292 e. The molecule has 0 aliphatic heterocycles. The number of para-hydroxylation sites is 2. The van der Waals surface area contributed by atoms with Gasteiger partial charge in [0.1, 0.15) is 12.0 Å². The molecule has 1 aromatic heterocycles. The van der Waals surface area contributed by atoms with Gasteiger partial charge in [0, 0.05) is 12.6 Å². The summed E-state index contributed by atoms with van der Waals surface area (Å²) in [6.45, 7) is 4.36. The largest absolute Gasteiger partial charge is 0.319 e. The van der Waals surface area contributed by atoms with Gasteiger partial charge in [-0.05, 0) is 19.9 Å². The second kappa shape index (κ2) is 7.03. The molecule has 0 saturated carbocycles. The van der Waals surface area contributed by atoms with Gasteiger partial charge in [-0.15, -0.1) is 10.2 Å². The van der Waals surface area contributed by atoms with Gasteiger partial charge in [0.05, 0.1) is 10.2 Å². The summed E-state index contributed by atoms with van der Waals surface area (Å²) in [5, 5.41) is 21.4. The van der Waals surface area contributed by atoms with Crippen molar-refractivity contribution in [1.29, 1.82) is 0 Å². The summed E-state index contributed by atoms with van der Waals surface area (Å²) in [7, 11) is 0. The van der Waals surface area contributed by atoms with Crippen LogP contribution in [0.25, 0.3) is 0 Å². The lowest BCUT2D eigenvalue weighted by Gasteiger charge is -2.11. The van der Waals surface area contributed by atoms with Gasteiger partial charge < -0.3 is 9.88 Å². The first-order valence-electron chi connectivity index (χ1n) is 6.61. The molecule has 1 N–H and O–H groups in total. The Morgan fingerprint density at radius 3 is 2.91 bits per heavy atom. The number of nitro groups is 1. The summed E-state index contributed by atoms with van der Waals surface area (Å²) in [6.07, 6.45) is 1.59. The van der Waals surface area contributed by atoms with Crippen molar-refractivity contribution in [3.8, 4) is 0 Å². The number of aromatic nitrogens is 3. The van der Waals surface area contributed by atoms with Crippen LogP contribution in [0, 0.1) is 10.1 Å². The Balaban J connectivity index is 2.07. The van der Waals surface area contributed by atoms with Crippen molar-refractivity contribution < 1.29 is 9.72 Å². The highest BCUT2D eigenvalue weighted by Gasteiger charge is 2.21. The number of aryl methyl sites for hydroxylation is 1. The van der Waals surface area contributed by atoms with Crippen LogP contribution < -0.4 is 5.32 Å². The molecular formula is C13H15N5O3S. The normalized spacial score (nSPS) is 11.9. The van der Waals surface area contributed by atoms with E-state index in [0.717, 1.165) is 0 Å². The highest BCUT2D eigenvalue weighted by atomic mass is 32.2. The number of nitrogens with zero attached hydrogens (tertiary/aromatic N) is 4. The molecule has 0 radical (unpaired) electrons. The lowest BCUT2D eigenvalue weighted by Crippen LogP contribution is -2.23. The Labute approximate surface area is 131 Å². The van der Waals surface area contributed by atoms with Crippen molar-refractivity contribution in [1.82, 2.24) is 14.8 Å². The fourth-order valence-corrected chi connectivity index (χ4v) is 2.63. The van der Waals surface area contributed by atoms with E-state index in [1.807, 2.05) is 11.5 Å². The van der Waals surface area contributed by atoms with Crippen LogP contribution in [0.1, 0.15) is 13.8 Å². The van der Waals surface area contributed by atoms with Gasteiger partial charge in [-0.1, -0.05) is 23.9 Å². The minimum absolute atomic E-state index is 0.134. The number of nitrogens with one attached hydrogen (secondary N) is 1. The molecule has 0 saturated heterocycles. The Hall–Kier alpha value is -2.42. The maximum absolute atomic E-state index is 12.2. The van der Waals surface area contributed by atoms with Crippen LogP contribution in [-0.2, 0) is 11.3 Å². The predicted molar refractivity (Wildman–Crippen MR) is 82.7 cm³/mol. The van der Waals surface area contributed by atoms with E-state index in [4.69, 9.17) is 0 Å². The molecule has 0 bridgehead atoms. The fourth-order valence-electron chi connectivity index (χ4n) is 1.74. The monoisotopic (exact) mass is 321 g/mol. The Kier molecular flexibility index (Phi) is 5.10. The predicted octanol–water partition coefficient (Wildman–Crippen LogP) is 2.33. The standard InChI is InChI=1S/C13H15N5O3S/c1-3-17-8-14-16-13(17)22-9(2)12(19)15-10-6-4-5-7-11(10)18(20)21/h4-9H,3H2,1-2H3,(H,15,19)/t9-/m1/s1. The maximum atomic E-state index is 12.2. The van der Waals surface area contributed by atoms with Crippen molar-refractivity contribution in [2.75, 3.05) is 5.32 Å². The van der Waals surface area contributed by atoms with Gasteiger partial charge in [-0.25, -0.2) is 0 Å². The number of nitro benzene ring substituents is 1. The van der Waals surface area contributed by atoms with E-state index < -0.39 is 10.2 Å². The number of hydrogen-bond donors (Lipinski definition) is 1. The molecule has 1 aromatic carbocycles. The van der Waals surface area contributed by atoms with E-state index in [-0.39, 0.29) is 17.3 Å². The summed E-state index contributed by atoms with van der Waals surface area (Å²) in [5.74, 6) is -0.329. The number of carbonyl (C=O) groups is 1. The zero-order valence-electron chi connectivity index (χ0n) is 12.1. The zero-order valence-corrected chi connectivity index (χ0v) is 12.9. The molecule has 22 heavy (non-hydrogen) atoms.